The van der Waals surface area contributed by atoms with E-state index in [1.54, 1.807) is 63.2 Å². The molecule has 2 aromatic rings. The van der Waals surface area contributed by atoms with Crippen LogP contribution in [0.25, 0.3) is 6.08 Å². The number of para-hydroxylation sites is 1. The van der Waals surface area contributed by atoms with Crippen molar-refractivity contribution in [2.24, 2.45) is 0 Å². The van der Waals surface area contributed by atoms with Crippen LogP contribution in [0.1, 0.15) is 36.7 Å². The number of rotatable bonds is 6. The minimum atomic E-state index is -1.02. The second-order valence-electron chi connectivity index (χ2n) is 6.86. The molecule has 0 saturated heterocycles. The normalized spacial score (nSPS) is 11.7. The zero-order valence-corrected chi connectivity index (χ0v) is 17.7. The number of nitrogens with one attached hydrogen (secondary N) is 1. The number of aromatic carboxylic acids is 1. The van der Waals surface area contributed by atoms with Crippen molar-refractivity contribution in [3.05, 3.63) is 65.7 Å². The van der Waals surface area contributed by atoms with Gasteiger partial charge >= 0.3 is 170 Å². The van der Waals surface area contributed by atoms with Gasteiger partial charge in [0.2, 0.25) is 0 Å². The number of carboxylic acids is 1. The molecule has 0 unspecified atom stereocenters. The van der Waals surface area contributed by atoms with Crippen LogP contribution < -0.4 is 9.67 Å². The Labute approximate surface area is 170 Å². The number of ether oxygens (including phenoxy) is 1. The second kappa shape index (κ2) is 9.38. The molecule has 0 fully saturated rings. The first-order valence-electron chi connectivity index (χ1n) is 8.50. The van der Waals surface area contributed by atoms with Gasteiger partial charge in [0.05, 0.1) is 0 Å². The van der Waals surface area contributed by atoms with Gasteiger partial charge in [-0.15, -0.1) is 0 Å². The average Bonchev–Trinajstić information content (AvgIpc) is 2.60. The summed E-state index contributed by atoms with van der Waals surface area (Å²) in [6, 6.07) is 13.4. The summed E-state index contributed by atoms with van der Waals surface area (Å²) in [5.74, 6) is -1.02. The Kier molecular flexibility index (Phi) is 7.18. The van der Waals surface area contributed by atoms with Crippen molar-refractivity contribution in [2.75, 3.05) is 5.32 Å². The van der Waals surface area contributed by atoms with E-state index in [4.69, 9.17) is 9.84 Å². The molecule has 0 atom stereocenters. The molecule has 0 aliphatic heterocycles. The molecular formula is C21H21AsNO5. The summed E-state index contributed by atoms with van der Waals surface area (Å²) in [7, 11) is 0. The Morgan fingerprint density at radius 3 is 2.46 bits per heavy atom. The summed E-state index contributed by atoms with van der Waals surface area (Å²) in [5, 5.41) is 11.7. The monoisotopic (exact) mass is 442 g/mol. The topological polar surface area (TPSA) is 92.7 Å². The van der Waals surface area contributed by atoms with Crippen molar-refractivity contribution in [3.63, 3.8) is 0 Å². The first-order valence-corrected chi connectivity index (χ1v) is 10.4. The van der Waals surface area contributed by atoms with Gasteiger partial charge in [-0.25, -0.2) is 0 Å². The summed E-state index contributed by atoms with van der Waals surface area (Å²) >= 11 is -0.887. The zero-order valence-electron chi connectivity index (χ0n) is 15.8. The average molecular weight is 442 g/mol. The molecule has 0 aliphatic rings. The predicted octanol–water partition coefficient (Wildman–Crippen LogP) is 3.30. The fourth-order valence-corrected chi connectivity index (χ4v) is 3.86. The number of hydrogen-bond acceptors (Lipinski definition) is 4. The maximum absolute atomic E-state index is 12.4. The summed E-state index contributed by atoms with van der Waals surface area (Å²) in [6.07, 6.45) is 2.45. The molecule has 0 saturated carbocycles. The fraction of sp³-hybridized carbons (Fsp3) is 0.190. The summed E-state index contributed by atoms with van der Waals surface area (Å²) in [6.45, 7) is 5.33. The fourth-order valence-electron chi connectivity index (χ4n) is 2.19. The van der Waals surface area contributed by atoms with Crippen molar-refractivity contribution >= 4 is 48.5 Å². The first-order chi connectivity index (χ1) is 13.1. The molecule has 145 valence electrons. The number of benzene rings is 2. The van der Waals surface area contributed by atoms with Gasteiger partial charge in [0, 0.05) is 0 Å². The molecule has 0 spiro atoms. The molecule has 0 bridgehead atoms. The van der Waals surface area contributed by atoms with E-state index in [2.05, 4.69) is 5.32 Å². The third-order valence-electron chi connectivity index (χ3n) is 3.32. The van der Waals surface area contributed by atoms with E-state index in [0.29, 0.717) is 11.3 Å². The molecule has 2 aromatic carbocycles. The van der Waals surface area contributed by atoms with Gasteiger partial charge in [0.25, 0.3) is 0 Å². The van der Waals surface area contributed by atoms with Crippen LogP contribution in [0.2, 0.25) is 0 Å². The quantitative estimate of drug-likeness (QED) is 0.529. The van der Waals surface area contributed by atoms with Crippen molar-refractivity contribution in [1.82, 2.24) is 0 Å². The molecule has 1 amide bonds. The molecule has 7 heteroatoms. The van der Waals surface area contributed by atoms with Crippen molar-refractivity contribution in [3.8, 4) is 0 Å². The van der Waals surface area contributed by atoms with Gasteiger partial charge in [-0.2, -0.15) is 0 Å². The number of carbonyl (C=O) groups excluding carboxylic acids is 2. The number of allylic oxidation sites excluding steroid dienone is 1. The number of hydrogen-bond donors (Lipinski definition) is 2. The van der Waals surface area contributed by atoms with E-state index in [1.807, 2.05) is 0 Å². The third kappa shape index (κ3) is 7.04. The van der Waals surface area contributed by atoms with Gasteiger partial charge in [0.15, 0.2) is 0 Å². The SMILES string of the molecule is CC(C)(C)OC(=O)Nc1ccccc1[As]C(=O)C=Cc1cccc(C(=O)O)c1. The van der Waals surface area contributed by atoms with Crippen LogP contribution in [-0.4, -0.2) is 43.1 Å². The van der Waals surface area contributed by atoms with Crippen LogP contribution in [0.15, 0.2) is 54.6 Å². The van der Waals surface area contributed by atoms with Gasteiger partial charge in [-0.05, 0) is 0 Å². The van der Waals surface area contributed by atoms with Crippen LogP contribution >= 0.6 is 0 Å². The van der Waals surface area contributed by atoms with E-state index in [-0.39, 0.29) is 10.1 Å². The van der Waals surface area contributed by atoms with E-state index < -0.39 is 33.4 Å². The number of carboxylic acid groups (broad SMARTS) is 1. The maximum atomic E-state index is 12.4. The van der Waals surface area contributed by atoms with Gasteiger partial charge in [-0.1, -0.05) is 0 Å². The Bertz CT molecular complexity index is 915. The van der Waals surface area contributed by atoms with Crippen molar-refractivity contribution in [1.29, 1.82) is 0 Å². The Hall–Kier alpha value is -2.85. The predicted molar refractivity (Wildman–Crippen MR) is 109 cm³/mol. The van der Waals surface area contributed by atoms with Crippen LogP contribution in [0.5, 0.6) is 0 Å². The minimum absolute atomic E-state index is 0.0876. The zero-order chi connectivity index (χ0) is 20.7. The molecular weight excluding hydrogens is 421 g/mol. The van der Waals surface area contributed by atoms with Crippen LogP contribution in [0.3, 0.4) is 0 Å². The van der Waals surface area contributed by atoms with Crippen molar-refractivity contribution < 1.29 is 24.2 Å². The number of carbonyl (C=O) groups is 3. The van der Waals surface area contributed by atoms with Crippen LogP contribution in [0.4, 0.5) is 10.5 Å². The van der Waals surface area contributed by atoms with Crippen LogP contribution in [0, 0.1) is 0 Å². The molecule has 6 nitrogen and oxygen atoms in total. The molecule has 28 heavy (non-hydrogen) atoms. The van der Waals surface area contributed by atoms with Gasteiger partial charge in [0.1, 0.15) is 0 Å². The van der Waals surface area contributed by atoms with E-state index in [0.717, 1.165) is 4.35 Å². The number of amides is 1. The standard InChI is InChI=1S/C21H21AsNO5/c1-21(2,3)28-20(27)23-17-10-5-4-9-16(17)22-18(24)12-11-14-7-6-8-15(13-14)19(25)26/h4-13H,1-3H3,(H,23,27)(H,25,26). The Balaban J connectivity index is 2.07. The summed E-state index contributed by atoms with van der Waals surface area (Å²) < 4.78 is 5.91. The molecule has 2 N–H and O–H groups in total. The third-order valence-corrected chi connectivity index (χ3v) is 5.42. The molecule has 0 heterocycles. The Morgan fingerprint density at radius 1 is 1.07 bits per heavy atom. The van der Waals surface area contributed by atoms with Gasteiger partial charge in [-0.3, -0.25) is 0 Å². The van der Waals surface area contributed by atoms with E-state index in [1.165, 1.54) is 18.2 Å². The summed E-state index contributed by atoms with van der Waals surface area (Å²) in [4.78, 5) is 35.4. The molecule has 0 aromatic heterocycles. The van der Waals surface area contributed by atoms with E-state index in [9.17, 15) is 14.4 Å². The summed E-state index contributed by atoms with van der Waals surface area (Å²) in [5.41, 5.74) is 0.728. The Morgan fingerprint density at radius 2 is 1.79 bits per heavy atom. The first kappa shape index (κ1) is 21.4. The van der Waals surface area contributed by atoms with Gasteiger partial charge < -0.3 is 0 Å². The molecule has 0 aliphatic carbocycles. The second-order valence-corrected chi connectivity index (χ2v) is 9.26. The van der Waals surface area contributed by atoms with Crippen LogP contribution in [-0.2, 0) is 9.53 Å². The van der Waals surface area contributed by atoms with Crippen molar-refractivity contribution in [2.45, 2.75) is 26.4 Å². The number of anilines is 1. The molecule has 2 rings (SSSR count). The molecule has 1 radical (unpaired) electrons. The van der Waals surface area contributed by atoms with E-state index >= 15 is 0 Å².